The van der Waals surface area contributed by atoms with Gasteiger partial charge in [0.15, 0.2) is 5.11 Å². The van der Waals surface area contributed by atoms with Crippen molar-refractivity contribution in [1.29, 1.82) is 0 Å². The lowest BCUT2D eigenvalue weighted by Crippen LogP contribution is -2.45. The Morgan fingerprint density at radius 1 is 1.04 bits per heavy atom. The lowest BCUT2D eigenvalue weighted by atomic mass is 10.0. The summed E-state index contributed by atoms with van der Waals surface area (Å²) >= 11 is 5.00. The Morgan fingerprint density at radius 3 is 2.54 bits per heavy atom. The van der Waals surface area contributed by atoms with Crippen LogP contribution in [0, 0.1) is 0 Å². The van der Waals surface area contributed by atoms with Gasteiger partial charge < -0.3 is 14.8 Å². The quantitative estimate of drug-likeness (QED) is 0.462. The Morgan fingerprint density at radius 2 is 1.82 bits per heavy atom. The van der Waals surface area contributed by atoms with E-state index in [-0.39, 0.29) is 5.91 Å². The third-order valence-corrected chi connectivity index (χ3v) is 4.47. The van der Waals surface area contributed by atoms with Gasteiger partial charge in [-0.25, -0.2) is 4.98 Å². The highest BCUT2D eigenvalue weighted by Crippen LogP contribution is 2.34. The number of hydrazine groups is 1. The molecule has 28 heavy (non-hydrogen) atoms. The molecule has 0 fully saturated rings. The average Bonchev–Trinajstić information content (AvgIpc) is 2.75. The number of pyridine rings is 1. The maximum Gasteiger partial charge on any atom is 0.270 e. The highest BCUT2D eigenvalue weighted by molar-refractivity contribution is 7.80. The van der Waals surface area contributed by atoms with Gasteiger partial charge in [0.2, 0.25) is 0 Å². The summed E-state index contributed by atoms with van der Waals surface area (Å²) in [5.41, 5.74) is 7.70. The SMILES string of the molecule is CNC(=S)NNC(=O)c1cc(-c2cc(OC)ccc2OC)nc2ccccc12. The number of hydrogen-bond donors (Lipinski definition) is 3. The number of nitrogens with zero attached hydrogens (tertiary/aromatic N) is 1. The molecular weight excluding hydrogens is 376 g/mol. The third kappa shape index (κ3) is 3.96. The number of aromatic nitrogens is 1. The molecule has 0 aliphatic rings. The van der Waals surface area contributed by atoms with Crippen LogP contribution in [0.2, 0.25) is 0 Å². The fourth-order valence-electron chi connectivity index (χ4n) is 2.76. The van der Waals surface area contributed by atoms with E-state index in [1.165, 1.54) is 0 Å². The van der Waals surface area contributed by atoms with Crippen LogP contribution in [0.25, 0.3) is 22.2 Å². The van der Waals surface area contributed by atoms with E-state index < -0.39 is 0 Å². The maximum absolute atomic E-state index is 12.8. The van der Waals surface area contributed by atoms with Gasteiger partial charge in [-0.15, -0.1) is 0 Å². The molecule has 1 heterocycles. The second-order valence-corrected chi connectivity index (χ2v) is 6.20. The van der Waals surface area contributed by atoms with Crippen molar-refractivity contribution in [2.45, 2.75) is 0 Å². The minimum atomic E-state index is -0.334. The van der Waals surface area contributed by atoms with Crippen molar-refractivity contribution < 1.29 is 14.3 Å². The number of carbonyl (C=O) groups excluding carboxylic acids is 1. The molecule has 0 spiro atoms. The van der Waals surface area contributed by atoms with Crippen LogP contribution in [0.3, 0.4) is 0 Å². The van der Waals surface area contributed by atoms with Gasteiger partial charge in [0.1, 0.15) is 11.5 Å². The molecule has 0 radical (unpaired) electrons. The van der Waals surface area contributed by atoms with Gasteiger partial charge in [-0.2, -0.15) is 0 Å². The molecular formula is C20H20N4O3S. The van der Waals surface area contributed by atoms with Gasteiger partial charge in [0.05, 0.1) is 31.0 Å². The predicted octanol–water partition coefficient (Wildman–Crippen LogP) is 2.66. The zero-order chi connectivity index (χ0) is 20.1. The molecule has 3 aromatic rings. The summed E-state index contributed by atoms with van der Waals surface area (Å²) in [7, 11) is 4.84. The number of benzene rings is 2. The minimum absolute atomic E-state index is 0.307. The number of amides is 1. The first-order valence-electron chi connectivity index (χ1n) is 8.47. The molecule has 0 atom stereocenters. The molecule has 144 valence electrons. The van der Waals surface area contributed by atoms with E-state index in [2.05, 4.69) is 16.2 Å². The largest absolute Gasteiger partial charge is 0.497 e. The fraction of sp³-hybridized carbons (Fsp3) is 0.150. The Kier molecular flexibility index (Phi) is 5.90. The van der Waals surface area contributed by atoms with Gasteiger partial charge in [-0.3, -0.25) is 15.6 Å². The number of fused-ring (bicyclic) bond motifs is 1. The smallest absolute Gasteiger partial charge is 0.270 e. The molecule has 3 rings (SSSR count). The monoisotopic (exact) mass is 396 g/mol. The fourth-order valence-corrected chi connectivity index (χ4v) is 2.81. The molecule has 8 heteroatoms. The van der Waals surface area contributed by atoms with Gasteiger partial charge in [-0.1, -0.05) is 18.2 Å². The van der Waals surface area contributed by atoms with Crippen molar-refractivity contribution in [3.8, 4) is 22.8 Å². The van der Waals surface area contributed by atoms with Crippen molar-refractivity contribution in [3.63, 3.8) is 0 Å². The molecule has 0 saturated heterocycles. The number of rotatable bonds is 4. The first-order chi connectivity index (χ1) is 13.6. The predicted molar refractivity (Wildman–Crippen MR) is 113 cm³/mol. The second-order valence-electron chi connectivity index (χ2n) is 5.80. The minimum Gasteiger partial charge on any atom is -0.497 e. The van der Waals surface area contributed by atoms with Crippen LogP contribution in [0.4, 0.5) is 0 Å². The molecule has 0 unspecified atom stereocenters. The summed E-state index contributed by atoms with van der Waals surface area (Å²) in [6, 6.07) is 14.6. The molecule has 0 bridgehead atoms. The van der Waals surface area contributed by atoms with Crippen LogP contribution in [0.1, 0.15) is 10.4 Å². The van der Waals surface area contributed by atoms with E-state index in [0.29, 0.717) is 33.4 Å². The molecule has 7 nitrogen and oxygen atoms in total. The van der Waals surface area contributed by atoms with E-state index in [0.717, 1.165) is 10.9 Å². The highest BCUT2D eigenvalue weighted by atomic mass is 32.1. The van der Waals surface area contributed by atoms with Crippen LogP contribution in [0.15, 0.2) is 48.5 Å². The summed E-state index contributed by atoms with van der Waals surface area (Å²) in [4.78, 5) is 17.5. The molecule has 1 aromatic heterocycles. The average molecular weight is 396 g/mol. The zero-order valence-electron chi connectivity index (χ0n) is 15.7. The highest BCUT2D eigenvalue weighted by Gasteiger charge is 2.16. The summed E-state index contributed by atoms with van der Waals surface area (Å²) in [6.45, 7) is 0. The van der Waals surface area contributed by atoms with Crippen molar-refractivity contribution in [2.75, 3.05) is 21.3 Å². The van der Waals surface area contributed by atoms with Gasteiger partial charge in [0, 0.05) is 18.0 Å². The third-order valence-electron chi connectivity index (χ3n) is 4.16. The van der Waals surface area contributed by atoms with E-state index >= 15 is 0 Å². The Balaban J connectivity index is 2.13. The van der Waals surface area contributed by atoms with Gasteiger partial charge in [0.25, 0.3) is 5.91 Å². The normalized spacial score (nSPS) is 10.2. The van der Waals surface area contributed by atoms with Gasteiger partial charge >= 0.3 is 0 Å². The lowest BCUT2D eigenvalue weighted by molar-refractivity contribution is 0.0945. The Labute approximate surface area is 168 Å². The number of nitrogens with one attached hydrogen (secondary N) is 3. The second kappa shape index (κ2) is 8.53. The van der Waals surface area contributed by atoms with E-state index in [1.54, 1.807) is 39.5 Å². The van der Waals surface area contributed by atoms with Crippen LogP contribution < -0.4 is 25.6 Å². The van der Waals surface area contributed by atoms with Crippen molar-refractivity contribution >= 4 is 34.1 Å². The van der Waals surface area contributed by atoms with Crippen molar-refractivity contribution in [2.24, 2.45) is 0 Å². The molecule has 0 aliphatic heterocycles. The number of ether oxygens (including phenoxy) is 2. The van der Waals surface area contributed by atoms with Crippen molar-refractivity contribution in [3.05, 3.63) is 54.1 Å². The summed E-state index contributed by atoms with van der Waals surface area (Å²) in [5.74, 6) is 0.960. The lowest BCUT2D eigenvalue weighted by Gasteiger charge is -2.14. The number of carbonyl (C=O) groups is 1. The van der Waals surface area contributed by atoms with Crippen LogP contribution in [-0.4, -0.2) is 37.3 Å². The summed E-state index contributed by atoms with van der Waals surface area (Å²) in [6.07, 6.45) is 0. The van der Waals surface area contributed by atoms with E-state index in [9.17, 15) is 4.79 Å². The molecule has 0 saturated carbocycles. The van der Waals surface area contributed by atoms with Crippen LogP contribution in [-0.2, 0) is 0 Å². The molecule has 0 aliphatic carbocycles. The summed E-state index contributed by atoms with van der Waals surface area (Å²) in [5, 5.41) is 3.77. The molecule has 1 amide bonds. The Hall–Kier alpha value is -3.39. The van der Waals surface area contributed by atoms with Gasteiger partial charge in [-0.05, 0) is 42.5 Å². The number of thiocarbonyl (C=S) groups is 1. The first kappa shape index (κ1) is 19.4. The summed E-state index contributed by atoms with van der Waals surface area (Å²) < 4.78 is 10.8. The van der Waals surface area contributed by atoms with Crippen LogP contribution >= 0.6 is 12.2 Å². The number of methoxy groups -OCH3 is 2. The first-order valence-corrected chi connectivity index (χ1v) is 8.88. The molecule has 2 aromatic carbocycles. The van der Waals surface area contributed by atoms with E-state index in [4.69, 9.17) is 26.7 Å². The molecule has 3 N–H and O–H groups in total. The zero-order valence-corrected chi connectivity index (χ0v) is 16.5. The van der Waals surface area contributed by atoms with Crippen molar-refractivity contribution in [1.82, 2.24) is 21.2 Å². The number of hydrogen-bond acceptors (Lipinski definition) is 5. The Bertz CT molecular complexity index is 1040. The van der Waals surface area contributed by atoms with E-state index in [1.807, 2.05) is 30.3 Å². The van der Waals surface area contributed by atoms with Crippen LogP contribution in [0.5, 0.6) is 11.5 Å². The topological polar surface area (TPSA) is 84.5 Å². The maximum atomic E-state index is 12.8. The number of para-hydroxylation sites is 1. The standard InChI is InChI=1S/C20H20N4O3S/c1-21-20(28)24-23-19(25)14-11-17(22-16-7-5-4-6-13(14)16)15-10-12(26-2)8-9-18(15)27-3/h4-11H,1-3H3,(H,23,25)(H2,21,24,28).